The van der Waals surface area contributed by atoms with Gasteiger partial charge in [-0.3, -0.25) is 19.1 Å². The highest BCUT2D eigenvalue weighted by atomic mass is 19.1. The Kier molecular flexibility index (Phi) is 10.6. The van der Waals surface area contributed by atoms with E-state index in [0.717, 1.165) is 24.1 Å². The van der Waals surface area contributed by atoms with Crippen molar-refractivity contribution in [1.82, 2.24) is 24.6 Å². The Morgan fingerprint density at radius 3 is 2.58 bits per heavy atom. The van der Waals surface area contributed by atoms with Crippen molar-refractivity contribution < 1.29 is 27.9 Å². The van der Waals surface area contributed by atoms with E-state index in [1.54, 1.807) is 59.2 Å². The molecule has 0 saturated heterocycles. The van der Waals surface area contributed by atoms with Crippen LogP contribution in [0.5, 0.6) is 11.6 Å². The Labute approximate surface area is 317 Å². The van der Waals surface area contributed by atoms with E-state index < -0.39 is 5.91 Å². The van der Waals surface area contributed by atoms with Gasteiger partial charge in [-0.15, -0.1) is 0 Å². The lowest BCUT2D eigenvalue weighted by Crippen LogP contribution is -2.25. The molecule has 12 nitrogen and oxygen atoms in total. The number of halogens is 1. The molecule has 2 aliphatic rings. The number of furan rings is 1. The SMILES string of the molecule is CN(C)CC1=CC(c2c(-c3cnn(C)c3)oc3ncnc(Oc4ccc(NC(=O)/C(C=O)=C/C5=C(N(C)c6ccc(F)cc6)CCCC5=O)cc4)c23)CC=C1. The van der Waals surface area contributed by atoms with Crippen molar-refractivity contribution in [3.05, 3.63) is 125 Å². The van der Waals surface area contributed by atoms with Gasteiger partial charge in [0.1, 0.15) is 29.0 Å². The molecule has 0 fully saturated rings. The van der Waals surface area contributed by atoms with Crippen molar-refractivity contribution >= 4 is 40.5 Å². The van der Waals surface area contributed by atoms with Gasteiger partial charge in [-0.2, -0.15) is 5.10 Å². The summed E-state index contributed by atoms with van der Waals surface area (Å²) < 4.78 is 28.0. The van der Waals surface area contributed by atoms with E-state index in [-0.39, 0.29) is 35.1 Å². The zero-order valence-corrected chi connectivity index (χ0v) is 31.0. The molecule has 0 bridgehead atoms. The molecule has 1 amide bonds. The molecular weight excluding hydrogens is 702 g/mol. The molecule has 55 heavy (non-hydrogen) atoms. The van der Waals surface area contributed by atoms with Crippen LogP contribution in [0.4, 0.5) is 15.8 Å². The number of allylic oxidation sites excluding steroid dienone is 5. The lowest BCUT2D eigenvalue weighted by Gasteiger charge is -2.28. The number of ether oxygens (including phenoxy) is 1. The first-order valence-electron chi connectivity index (χ1n) is 17.9. The number of nitrogens with zero attached hydrogens (tertiary/aromatic N) is 6. The minimum atomic E-state index is -0.676. The predicted octanol–water partition coefficient (Wildman–Crippen LogP) is 7.29. The molecule has 7 rings (SSSR count). The highest BCUT2D eigenvalue weighted by molar-refractivity contribution is 6.18. The van der Waals surface area contributed by atoms with Crippen LogP contribution in [0.2, 0.25) is 0 Å². The van der Waals surface area contributed by atoms with Gasteiger partial charge >= 0.3 is 0 Å². The average molecular weight is 742 g/mol. The molecule has 3 heterocycles. The molecule has 2 aromatic carbocycles. The number of ketones is 1. The number of hydrogen-bond acceptors (Lipinski definition) is 10. The van der Waals surface area contributed by atoms with Crippen LogP contribution in [0.25, 0.3) is 22.4 Å². The number of amides is 1. The molecular formula is C42H40FN7O5. The van der Waals surface area contributed by atoms with E-state index in [9.17, 15) is 18.8 Å². The normalized spacial score (nSPS) is 16.1. The minimum Gasteiger partial charge on any atom is -0.438 e. The van der Waals surface area contributed by atoms with E-state index in [1.165, 1.54) is 30.1 Å². The number of aldehydes is 1. The Balaban J connectivity index is 1.15. The molecule has 3 aromatic heterocycles. The number of rotatable bonds is 12. The molecule has 1 N–H and O–H groups in total. The number of aromatic nitrogens is 4. The van der Waals surface area contributed by atoms with Gasteiger partial charge in [0.05, 0.1) is 17.3 Å². The smallest absolute Gasteiger partial charge is 0.259 e. The van der Waals surface area contributed by atoms with Crippen LogP contribution < -0.4 is 15.0 Å². The molecule has 1 atom stereocenters. The average Bonchev–Trinajstić information content (AvgIpc) is 3.79. The highest BCUT2D eigenvalue weighted by Crippen LogP contribution is 2.44. The number of benzene rings is 2. The summed E-state index contributed by atoms with van der Waals surface area (Å²) in [5.74, 6) is 0.126. The van der Waals surface area contributed by atoms with Gasteiger partial charge in [0.2, 0.25) is 11.6 Å². The van der Waals surface area contributed by atoms with Crippen molar-refractivity contribution in [3.63, 3.8) is 0 Å². The van der Waals surface area contributed by atoms with Crippen LogP contribution in [0.3, 0.4) is 0 Å². The summed E-state index contributed by atoms with van der Waals surface area (Å²) in [6.45, 7) is 0.782. The van der Waals surface area contributed by atoms with Crippen molar-refractivity contribution in [2.24, 2.45) is 7.05 Å². The number of carbonyl (C=O) groups is 3. The molecule has 1 unspecified atom stereocenters. The van der Waals surface area contributed by atoms with E-state index in [2.05, 4.69) is 43.5 Å². The van der Waals surface area contributed by atoms with Crippen LogP contribution in [0.15, 0.2) is 118 Å². The zero-order valence-electron chi connectivity index (χ0n) is 31.0. The Hall–Kier alpha value is -6.47. The maximum absolute atomic E-state index is 13.6. The van der Waals surface area contributed by atoms with Crippen molar-refractivity contribution in [2.75, 3.05) is 37.9 Å². The monoisotopic (exact) mass is 741 g/mol. The van der Waals surface area contributed by atoms with Crippen LogP contribution in [-0.2, 0) is 21.4 Å². The van der Waals surface area contributed by atoms with E-state index in [4.69, 9.17) is 9.15 Å². The Bertz CT molecular complexity index is 2390. The van der Waals surface area contributed by atoms with Gasteiger partial charge in [0.15, 0.2) is 12.1 Å². The summed E-state index contributed by atoms with van der Waals surface area (Å²) in [7, 11) is 7.69. The fourth-order valence-electron chi connectivity index (χ4n) is 6.94. The number of carbonyl (C=O) groups excluding carboxylic acids is 3. The van der Waals surface area contributed by atoms with Crippen molar-refractivity contribution in [1.29, 1.82) is 0 Å². The quantitative estimate of drug-likeness (QED) is 0.0601. The first-order chi connectivity index (χ1) is 26.6. The number of fused-ring (bicyclic) bond motifs is 1. The maximum atomic E-state index is 13.6. The molecule has 280 valence electrons. The second kappa shape index (κ2) is 15.9. The first kappa shape index (κ1) is 36.9. The Morgan fingerprint density at radius 1 is 1.09 bits per heavy atom. The standard InChI is InChI=1S/C42H40FN7O5/c1-48(2)22-26-7-5-8-27(19-26)37-38-41(44-25-45-42(38)55-39(37)29-21-46-49(3)23-29)54-33-17-13-31(14-18-33)47-40(53)28(24-51)20-34-35(9-6-10-36(34)52)50(4)32-15-11-30(43)12-16-32/h5,7,11-21,23-25,27H,6,8-10,22H2,1-4H3,(H,47,53)/b28-20+. The fourth-order valence-corrected chi connectivity index (χ4v) is 6.94. The summed E-state index contributed by atoms with van der Waals surface area (Å²) in [5.41, 5.74) is 5.05. The van der Waals surface area contributed by atoms with Crippen molar-refractivity contribution in [2.45, 2.75) is 31.6 Å². The van der Waals surface area contributed by atoms with Crippen LogP contribution >= 0.6 is 0 Å². The first-order valence-corrected chi connectivity index (χ1v) is 17.9. The number of hydrogen-bond donors (Lipinski definition) is 1. The van der Waals surface area contributed by atoms with Gasteiger partial charge in [-0.05, 0) is 93.5 Å². The van der Waals surface area contributed by atoms with Gasteiger partial charge in [0, 0.05) is 67.4 Å². The van der Waals surface area contributed by atoms with Crippen LogP contribution in [-0.4, -0.2) is 70.3 Å². The third-order valence-corrected chi connectivity index (χ3v) is 9.53. The molecule has 0 aliphatic heterocycles. The summed E-state index contributed by atoms with van der Waals surface area (Å²) in [6.07, 6.45) is 15.6. The predicted molar refractivity (Wildman–Crippen MR) is 207 cm³/mol. The summed E-state index contributed by atoms with van der Waals surface area (Å²) in [6, 6.07) is 12.5. The molecule has 5 aromatic rings. The largest absolute Gasteiger partial charge is 0.438 e. The van der Waals surface area contributed by atoms with Crippen LogP contribution in [0, 0.1) is 5.82 Å². The maximum Gasteiger partial charge on any atom is 0.259 e. The lowest BCUT2D eigenvalue weighted by atomic mass is 9.87. The summed E-state index contributed by atoms with van der Waals surface area (Å²) in [5, 5.41) is 7.76. The van der Waals surface area contributed by atoms with Crippen LogP contribution in [0.1, 0.15) is 37.2 Å². The Morgan fingerprint density at radius 2 is 1.87 bits per heavy atom. The third kappa shape index (κ3) is 8.06. The molecule has 0 radical (unpaired) electrons. The van der Waals surface area contributed by atoms with E-state index in [0.29, 0.717) is 64.7 Å². The van der Waals surface area contributed by atoms with Gasteiger partial charge in [-0.1, -0.05) is 18.2 Å². The topological polar surface area (TPSA) is 136 Å². The molecule has 13 heteroatoms. The number of nitrogens with one attached hydrogen (secondary N) is 1. The van der Waals surface area contributed by atoms with Crippen molar-refractivity contribution in [3.8, 4) is 23.0 Å². The summed E-state index contributed by atoms with van der Waals surface area (Å²) in [4.78, 5) is 51.5. The summed E-state index contributed by atoms with van der Waals surface area (Å²) >= 11 is 0. The highest BCUT2D eigenvalue weighted by Gasteiger charge is 2.29. The fraction of sp³-hybridized carbons (Fsp3) is 0.238. The zero-order chi connectivity index (χ0) is 38.6. The van der Waals surface area contributed by atoms with E-state index >= 15 is 0 Å². The van der Waals surface area contributed by atoms with Gasteiger partial charge in [-0.25, -0.2) is 14.4 Å². The lowest BCUT2D eigenvalue weighted by molar-refractivity contribution is -0.116. The number of aryl methyl sites for hydroxylation is 1. The second-order valence-electron chi connectivity index (χ2n) is 13.8. The number of Topliss-reactive ketones (excluding diaryl/α,β-unsaturated/α-hetero) is 1. The van der Waals surface area contributed by atoms with Gasteiger partial charge < -0.3 is 24.3 Å². The third-order valence-electron chi connectivity index (χ3n) is 9.53. The molecule has 0 saturated carbocycles. The molecule has 2 aliphatic carbocycles. The molecule has 0 spiro atoms. The number of anilines is 2. The second-order valence-corrected chi connectivity index (χ2v) is 13.8. The number of likely N-dealkylation sites (N-methyl/N-ethyl adjacent to an activating group) is 1. The minimum absolute atomic E-state index is 0.0403. The van der Waals surface area contributed by atoms with Gasteiger partial charge in [0.25, 0.3) is 5.91 Å². The van der Waals surface area contributed by atoms with E-state index in [1.807, 2.05) is 27.3 Å².